The van der Waals surface area contributed by atoms with E-state index in [1.807, 2.05) is 24.5 Å². The number of benzene rings is 2. The van der Waals surface area contributed by atoms with Gasteiger partial charge in [0.25, 0.3) is 5.91 Å². The Morgan fingerprint density at radius 3 is 2.79 bits per heavy atom. The Morgan fingerprint density at radius 1 is 1.15 bits per heavy atom. The molecule has 4 aromatic rings. The van der Waals surface area contributed by atoms with Gasteiger partial charge in [0.1, 0.15) is 11.6 Å². The number of nitrogens with zero attached hydrogens (tertiary/aromatic N) is 5. The number of likely N-dealkylation sites (tertiary alicyclic amines) is 1. The molecule has 4 heterocycles. The number of amides is 1. The van der Waals surface area contributed by atoms with Gasteiger partial charge in [-0.1, -0.05) is 6.07 Å². The highest BCUT2D eigenvalue weighted by Crippen LogP contribution is 2.39. The fraction of sp³-hybridized carbons (Fsp3) is 0.321. The number of rotatable bonds is 7. The summed E-state index contributed by atoms with van der Waals surface area (Å²) in [7, 11) is 0. The topological polar surface area (TPSA) is 86.0 Å². The Labute approximate surface area is 228 Å². The van der Waals surface area contributed by atoms with Crippen molar-refractivity contribution < 1.29 is 18.7 Å². The number of aromatic nitrogens is 3. The number of hydrogen-bond acceptors (Lipinski definition) is 7. The van der Waals surface area contributed by atoms with Crippen LogP contribution >= 0.6 is 11.8 Å². The summed E-state index contributed by atoms with van der Waals surface area (Å²) < 4.78 is 29.0. The van der Waals surface area contributed by atoms with Crippen LogP contribution in [0.25, 0.3) is 5.65 Å². The lowest BCUT2D eigenvalue weighted by molar-refractivity contribution is 0.0788. The molecule has 2 N–H and O–H groups in total. The number of phenols is 1. The second-order valence-corrected chi connectivity index (χ2v) is 10.8. The monoisotopic (exact) mass is 550 g/mol. The fourth-order valence-electron chi connectivity index (χ4n) is 5.47. The SMILES string of the molecule is CSc1ccc(F)cc1[C@H]1CCCN1c1ccc2ncc(C(=O)NC3CN(Cc4ccc(F)c(O)c4)C3)n2n1. The van der Waals surface area contributed by atoms with Crippen molar-refractivity contribution in [1.29, 1.82) is 0 Å². The molecule has 2 aliphatic heterocycles. The third kappa shape index (κ3) is 5.04. The van der Waals surface area contributed by atoms with Gasteiger partial charge in [-0.05, 0) is 72.7 Å². The molecule has 39 heavy (non-hydrogen) atoms. The number of carbonyl (C=O) groups excluding carboxylic acids is 1. The molecule has 2 aromatic heterocycles. The third-order valence-electron chi connectivity index (χ3n) is 7.39. The summed E-state index contributed by atoms with van der Waals surface area (Å²) in [6, 6.07) is 12.9. The molecule has 6 rings (SSSR count). The summed E-state index contributed by atoms with van der Waals surface area (Å²) in [6.45, 7) is 2.62. The minimum absolute atomic E-state index is 0.00197. The van der Waals surface area contributed by atoms with Crippen molar-refractivity contribution in [3.05, 3.63) is 83.2 Å². The lowest BCUT2D eigenvalue weighted by atomic mass is 10.0. The molecule has 0 unspecified atom stereocenters. The highest BCUT2D eigenvalue weighted by Gasteiger charge is 2.31. The van der Waals surface area contributed by atoms with Gasteiger partial charge in [0, 0.05) is 31.1 Å². The van der Waals surface area contributed by atoms with Crippen LogP contribution in [-0.4, -0.2) is 62.4 Å². The number of carbonyl (C=O) groups is 1. The van der Waals surface area contributed by atoms with E-state index in [1.54, 1.807) is 28.4 Å². The molecule has 0 radical (unpaired) electrons. The smallest absolute Gasteiger partial charge is 0.271 e. The summed E-state index contributed by atoms with van der Waals surface area (Å²) in [5.41, 5.74) is 2.68. The predicted molar refractivity (Wildman–Crippen MR) is 145 cm³/mol. The molecule has 8 nitrogen and oxygen atoms in total. The molecule has 2 aromatic carbocycles. The average molecular weight is 551 g/mol. The quantitative estimate of drug-likeness (QED) is 0.330. The number of phenolic OH excluding ortho intramolecular Hbond substituents is 1. The summed E-state index contributed by atoms with van der Waals surface area (Å²) in [5, 5.41) is 17.4. The molecule has 11 heteroatoms. The Bertz CT molecular complexity index is 1540. The van der Waals surface area contributed by atoms with Crippen LogP contribution in [0.2, 0.25) is 0 Å². The van der Waals surface area contributed by atoms with E-state index in [-0.39, 0.29) is 29.6 Å². The van der Waals surface area contributed by atoms with Gasteiger partial charge in [-0.3, -0.25) is 9.69 Å². The lowest BCUT2D eigenvalue weighted by Gasteiger charge is -2.39. The van der Waals surface area contributed by atoms with Crippen molar-refractivity contribution >= 4 is 29.1 Å². The Morgan fingerprint density at radius 2 is 2.00 bits per heavy atom. The molecule has 2 fully saturated rings. The molecule has 0 spiro atoms. The molecular formula is C28H28F2N6O2S. The number of aromatic hydroxyl groups is 1. The van der Waals surface area contributed by atoms with Gasteiger partial charge in [0.2, 0.25) is 0 Å². The molecule has 2 saturated heterocycles. The van der Waals surface area contributed by atoms with Gasteiger partial charge in [-0.25, -0.2) is 18.3 Å². The largest absolute Gasteiger partial charge is 0.505 e. The first-order chi connectivity index (χ1) is 18.9. The van der Waals surface area contributed by atoms with Gasteiger partial charge >= 0.3 is 0 Å². The number of halogens is 2. The maximum absolute atomic E-state index is 14.1. The number of hydrogen-bond donors (Lipinski definition) is 2. The number of imidazole rings is 1. The normalized spacial score (nSPS) is 18.0. The van der Waals surface area contributed by atoms with Gasteiger partial charge in [-0.15, -0.1) is 16.9 Å². The van der Waals surface area contributed by atoms with E-state index in [4.69, 9.17) is 5.10 Å². The van der Waals surface area contributed by atoms with Gasteiger partial charge in [0.15, 0.2) is 22.9 Å². The van der Waals surface area contributed by atoms with Gasteiger partial charge in [-0.2, -0.15) is 0 Å². The summed E-state index contributed by atoms with van der Waals surface area (Å²) in [5.74, 6) is -0.804. The van der Waals surface area contributed by atoms with Crippen LogP contribution in [0.15, 0.2) is 59.6 Å². The maximum Gasteiger partial charge on any atom is 0.271 e. The number of anilines is 1. The Kier molecular flexibility index (Phi) is 6.86. The molecule has 1 amide bonds. The van der Waals surface area contributed by atoms with Crippen LogP contribution in [0.3, 0.4) is 0 Å². The van der Waals surface area contributed by atoms with Crippen LogP contribution in [0.1, 0.15) is 40.5 Å². The maximum atomic E-state index is 14.1. The zero-order valence-corrected chi connectivity index (χ0v) is 22.2. The first kappa shape index (κ1) is 25.6. The number of nitrogens with one attached hydrogen (secondary N) is 1. The second kappa shape index (κ2) is 10.5. The highest BCUT2D eigenvalue weighted by atomic mass is 32.2. The van der Waals surface area contributed by atoms with E-state index in [0.29, 0.717) is 36.8 Å². The van der Waals surface area contributed by atoms with Crippen LogP contribution in [0, 0.1) is 11.6 Å². The zero-order valence-electron chi connectivity index (χ0n) is 21.3. The van der Waals surface area contributed by atoms with Crippen molar-refractivity contribution in [2.75, 3.05) is 30.8 Å². The minimum Gasteiger partial charge on any atom is -0.505 e. The molecule has 0 saturated carbocycles. The highest BCUT2D eigenvalue weighted by molar-refractivity contribution is 7.98. The van der Waals surface area contributed by atoms with Gasteiger partial charge < -0.3 is 15.3 Å². The van der Waals surface area contributed by atoms with Crippen molar-refractivity contribution in [3.8, 4) is 5.75 Å². The van der Waals surface area contributed by atoms with Crippen molar-refractivity contribution in [3.63, 3.8) is 0 Å². The summed E-state index contributed by atoms with van der Waals surface area (Å²) in [4.78, 5) is 22.8. The lowest BCUT2D eigenvalue weighted by Crippen LogP contribution is -2.58. The van der Waals surface area contributed by atoms with E-state index in [2.05, 4.69) is 20.1 Å². The molecule has 0 bridgehead atoms. The molecule has 202 valence electrons. The predicted octanol–water partition coefficient (Wildman–Crippen LogP) is 4.39. The van der Waals surface area contributed by atoms with E-state index >= 15 is 0 Å². The fourth-order valence-corrected chi connectivity index (χ4v) is 6.10. The van der Waals surface area contributed by atoms with E-state index < -0.39 is 5.82 Å². The molecule has 1 atom stereocenters. The Balaban J connectivity index is 1.15. The van der Waals surface area contributed by atoms with Crippen LogP contribution in [-0.2, 0) is 6.54 Å². The Hall–Kier alpha value is -3.70. The second-order valence-electron chi connectivity index (χ2n) is 9.99. The minimum atomic E-state index is -0.642. The zero-order chi connectivity index (χ0) is 27.1. The van der Waals surface area contributed by atoms with Crippen LogP contribution < -0.4 is 10.2 Å². The first-order valence-electron chi connectivity index (χ1n) is 12.8. The first-order valence-corrected chi connectivity index (χ1v) is 14.1. The van der Waals surface area contributed by atoms with Crippen molar-refractivity contribution in [1.82, 2.24) is 24.8 Å². The molecular weight excluding hydrogens is 522 g/mol. The third-order valence-corrected chi connectivity index (χ3v) is 8.20. The summed E-state index contributed by atoms with van der Waals surface area (Å²) in [6.07, 6.45) is 5.37. The average Bonchev–Trinajstić information content (AvgIpc) is 3.56. The van der Waals surface area contributed by atoms with Crippen LogP contribution in [0.4, 0.5) is 14.6 Å². The van der Waals surface area contributed by atoms with Crippen molar-refractivity contribution in [2.45, 2.75) is 36.4 Å². The van der Waals surface area contributed by atoms with E-state index in [0.717, 1.165) is 35.4 Å². The standard InChI is InChI=1S/C28H28F2N6O2S/c1-39-25-7-5-18(29)12-20(25)22-3-2-10-35(22)27-9-8-26-31-13-23(36(26)33-27)28(38)32-19-15-34(16-19)14-17-4-6-21(30)24(37)11-17/h4-9,11-13,19,22,37H,2-3,10,14-16H2,1H3,(H,32,38)/t22-/m1/s1. The number of fused-ring (bicyclic) bond motifs is 1. The number of thioether (sulfide) groups is 1. The molecule has 2 aliphatic rings. The van der Waals surface area contributed by atoms with E-state index in [1.165, 1.54) is 24.4 Å². The van der Waals surface area contributed by atoms with Gasteiger partial charge in [0.05, 0.1) is 18.3 Å². The van der Waals surface area contributed by atoms with E-state index in [9.17, 15) is 18.7 Å². The summed E-state index contributed by atoms with van der Waals surface area (Å²) >= 11 is 1.60. The molecule has 0 aliphatic carbocycles. The van der Waals surface area contributed by atoms with Crippen molar-refractivity contribution in [2.24, 2.45) is 0 Å². The van der Waals surface area contributed by atoms with Crippen LogP contribution in [0.5, 0.6) is 5.75 Å².